The van der Waals surface area contributed by atoms with Gasteiger partial charge in [-0.2, -0.15) is 0 Å². The van der Waals surface area contributed by atoms with Crippen molar-refractivity contribution in [1.29, 1.82) is 0 Å². The molecule has 2 heterocycles. The second kappa shape index (κ2) is 7.27. The predicted molar refractivity (Wildman–Crippen MR) is 117 cm³/mol. The van der Waals surface area contributed by atoms with Crippen molar-refractivity contribution in [2.45, 2.75) is 45.1 Å². The molecule has 1 aliphatic heterocycles. The average Bonchev–Trinajstić information content (AvgIpc) is 3.26. The smallest absolute Gasteiger partial charge is 0.0776 e. The SMILES string of the molecule is C[Si](C)(C)c1cccc(-c2ccc3[nH]c(CN4CCC[C@@H]4CO)cc3c2)c1. The van der Waals surface area contributed by atoms with E-state index in [-0.39, 0.29) is 6.61 Å². The van der Waals surface area contributed by atoms with Crippen molar-refractivity contribution < 1.29 is 5.11 Å². The molecule has 4 heteroatoms. The molecule has 2 N–H and O–H groups in total. The van der Waals surface area contributed by atoms with Crippen molar-refractivity contribution in [2.24, 2.45) is 0 Å². The third-order valence-electron chi connectivity index (χ3n) is 5.82. The maximum absolute atomic E-state index is 9.55. The summed E-state index contributed by atoms with van der Waals surface area (Å²) >= 11 is 0. The summed E-state index contributed by atoms with van der Waals surface area (Å²) in [6.07, 6.45) is 2.29. The van der Waals surface area contributed by atoms with E-state index in [1.165, 1.54) is 39.3 Å². The number of aromatic amines is 1. The number of H-pyrrole nitrogens is 1. The summed E-state index contributed by atoms with van der Waals surface area (Å²) in [6, 6.07) is 18.4. The Balaban J connectivity index is 1.61. The number of aliphatic hydroxyl groups is 1. The highest BCUT2D eigenvalue weighted by molar-refractivity contribution is 6.88. The average molecular weight is 379 g/mol. The molecule has 1 atom stereocenters. The first-order valence-electron chi connectivity index (χ1n) is 10.0. The van der Waals surface area contributed by atoms with Gasteiger partial charge < -0.3 is 10.1 Å². The van der Waals surface area contributed by atoms with Crippen molar-refractivity contribution in [3.8, 4) is 11.1 Å². The zero-order valence-corrected chi connectivity index (χ0v) is 17.6. The van der Waals surface area contributed by atoms with Gasteiger partial charge in [0.05, 0.1) is 14.7 Å². The van der Waals surface area contributed by atoms with Crippen molar-refractivity contribution in [3.63, 3.8) is 0 Å². The van der Waals surface area contributed by atoms with Gasteiger partial charge in [0.25, 0.3) is 0 Å². The van der Waals surface area contributed by atoms with E-state index < -0.39 is 8.07 Å². The molecule has 0 spiro atoms. The van der Waals surface area contributed by atoms with Gasteiger partial charge >= 0.3 is 0 Å². The minimum atomic E-state index is -1.31. The van der Waals surface area contributed by atoms with Gasteiger partial charge in [-0.15, -0.1) is 0 Å². The molecule has 0 aliphatic carbocycles. The molecule has 1 aliphatic rings. The summed E-state index contributed by atoms with van der Waals surface area (Å²) in [5, 5.41) is 12.3. The second-order valence-electron chi connectivity index (χ2n) is 8.88. The van der Waals surface area contributed by atoms with E-state index in [4.69, 9.17) is 0 Å². The Morgan fingerprint density at radius 1 is 1.07 bits per heavy atom. The topological polar surface area (TPSA) is 39.3 Å². The minimum Gasteiger partial charge on any atom is -0.395 e. The molecule has 0 amide bonds. The quantitative estimate of drug-likeness (QED) is 0.649. The van der Waals surface area contributed by atoms with Crippen molar-refractivity contribution >= 4 is 24.2 Å². The minimum absolute atomic E-state index is 0.262. The maximum atomic E-state index is 9.55. The molecule has 0 saturated carbocycles. The Bertz CT molecular complexity index is 941. The maximum Gasteiger partial charge on any atom is 0.0776 e. The summed E-state index contributed by atoms with van der Waals surface area (Å²) in [5.41, 5.74) is 5.01. The summed E-state index contributed by atoms with van der Waals surface area (Å²) in [5.74, 6) is 0. The van der Waals surface area contributed by atoms with Crippen LogP contribution in [0.4, 0.5) is 0 Å². The summed E-state index contributed by atoms with van der Waals surface area (Å²) in [4.78, 5) is 5.96. The van der Waals surface area contributed by atoms with Gasteiger partial charge in [0.2, 0.25) is 0 Å². The standard InChI is InChI=1S/C23H30N2OSi/c1-27(2,3)22-8-4-6-17(14-22)18-9-10-23-19(12-18)13-20(24-23)15-25-11-5-7-21(25)16-26/h4,6,8-10,12-14,21,24,26H,5,7,11,15-16H2,1-3H3/t21-/m1/s1. The van der Waals surface area contributed by atoms with Crippen LogP contribution in [0.5, 0.6) is 0 Å². The molecule has 1 saturated heterocycles. The van der Waals surface area contributed by atoms with Crippen molar-refractivity contribution in [1.82, 2.24) is 9.88 Å². The number of rotatable bonds is 5. The van der Waals surface area contributed by atoms with Crippen molar-refractivity contribution in [3.05, 3.63) is 54.2 Å². The molecule has 3 aromatic rings. The largest absolute Gasteiger partial charge is 0.395 e. The van der Waals surface area contributed by atoms with Gasteiger partial charge in [-0.3, -0.25) is 4.90 Å². The fraction of sp³-hybridized carbons (Fsp3) is 0.391. The second-order valence-corrected chi connectivity index (χ2v) is 14.0. The first-order chi connectivity index (χ1) is 12.9. The van der Waals surface area contributed by atoms with Crippen LogP contribution in [0, 0.1) is 0 Å². The molecule has 0 bridgehead atoms. The van der Waals surface area contributed by atoms with Gasteiger partial charge in [0, 0.05) is 29.2 Å². The lowest BCUT2D eigenvalue weighted by Crippen LogP contribution is -2.37. The lowest BCUT2D eigenvalue weighted by molar-refractivity contribution is 0.152. The molecule has 1 fully saturated rings. The van der Waals surface area contributed by atoms with Crippen LogP contribution in [0.1, 0.15) is 18.5 Å². The molecule has 142 valence electrons. The van der Waals surface area contributed by atoms with E-state index in [0.29, 0.717) is 6.04 Å². The first-order valence-corrected chi connectivity index (χ1v) is 13.5. The Labute approximate surface area is 163 Å². The molecule has 1 aromatic heterocycles. The van der Waals surface area contributed by atoms with E-state index >= 15 is 0 Å². The molecule has 4 rings (SSSR count). The number of hydrogen-bond acceptors (Lipinski definition) is 2. The van der Waals surface area contributed by atoms with Crippen LogP contribution in [-0.2, 0) is 6.54 Å². The normalized spacial score (nSPS) is 18.4. The van der Waals surface area contributed by atoms with Crippen LogP contribution >= 0.6 is 0 Å². The molecule has 0 unspecified atom stereocenters. The summed E-state index contributed by atoms with van der Waals surface area (Å²) in [6.45, 7) is 9.41. The zero-order chi connectivity index (χ0) is 19.0. The number of aromatic nitrogens is 1. The monoisotopic (exact) mass is 378 g/mol. The molecular formula is C23H30N2OSi. The molecule has 3 nitrogen and oxygen atoms in total. The number of aliphatic hydroxyl groups excluding tert-OH is 1. The van der Waals surface area contributed by atoms with E-state index in [2.05, 4.69) is 78.1 Å². The van der Waals surface area contributed by atoms with Crippen LogP contribution in [-0.4, -0.2) is 42.3 Å². The third-order valence-corrected chi connectivity index (χ3v) is 7.86. The predicted octanol–water partition coefficient (Wildman–Crippen LogP) is 4.34. The number of nitrogens with one attached hydrogen (secondary N) is 1. The molecule has 0 radical (unpaired) electrons. The van der Waals surface area contributed by atoms with Crippen LogP contribution in [0.3, 0.4) is 0 Å². The Morgan fingerprint density at radius 3 is 2.67 bits per heavy atom. The van der Waals surface area contributed by atoms with E-state index in [9.17, 15) is 5.11 Å². The fourth-order valence-corrected chi connectivity index (χ4v) is 5.34. The number of nitrogens with zero attached hydrogens (tertiary/aromatic N) is 1. The van der Waals surface area contributed by atoms with Crippen molar-refractivity contribution in [2.75, 3.05) is 13.2 Å². The van der Waals surface area contributed by atoms with Gasteiger partial charge in [-0.05, 0) is 48.7 Å². The lowest BCUT2D eigenvalue weighted by Gasteiger charge is -2.21. The first kappa shape index (κ1) is 18.5. The third kappa shape index (κ3) is 3.88. The van der Waals surface area contributed by atoms with Gasteiger partial charge in [-0.1, -0.05) is 55.2 Å². The Hall–Kier alpha value is -1.88. The number of benzene rings is 2. The highest BCUT2D eigenvalue weighted by atomic mass is 28.3. The number of fused-ring (bicyclic) bond motifs is 1. The Kier molecular flexibility index (Phi) is 4.97. The highest BCUT2D eigenvalue weighted by Crippen LogP contribution is 2.26. The number of likely N-dealkylation sites (tertiary alicyclic amines) is 1. The number of hydrogen-bond donors (Lipinski definition) is 2. The fourth-order valence-electron chi connectivity index (χ4n) is 4.15. The Morgan fingerprint density at radius 2 is 1.89 bits per heavy atom. The molecular weight excluding hydrogens is 348 g/mol. The summed E-state index contributed by atoms with van der Waals surface area (Å²) in [7, 11) is -1.31. The highest BCUT2D eigenvalue weighted by Gasteiger charge is 2.24. The zero-order valence-electron chi connectivity index (χ0n) is 16.6. The van der Waals surface area contributed by atoms with E-state index in [1.807, 2.05) is 0 Å². The van der Waals surface area contributed by atoms with Crippen LogP contribution < -0.4 is 5.19 Å². The van der Waals surface area contributed by atoms with Crippen LogP contribution in [0.25, 0.3) is 22.0 Å². The van der Waals surface area contributed by atoms with Gasteiger partial charge in [0.15, 0.2) is 0 Å². The van der Waals surface area contributed by atoms with Gasteiger partial charge in [0.1, 0.15) is 0 Å². The van der Waals surface area contributed by atoms with Crippen LogP contribution in [0.2, 0.25) is 19.6 Å². The van der Waals surface area contributed by atoms with E-state index in [0.717, 1.165) is 19.5 Å². The van der Waals surface area contributed by atoms with Crippen LogP contribution in [0.15, 0.2) is 48.5 Å². The van der Waals surface area contributed by atoms with Gasteiger partial charge in [-0.25, -0.2) is 0 Å². The summed E-state index contributed by atoms with van der Waals surface area (Å²) < 4.78 is 0. The molecule has 27 heavy (non-hydrogen) atoms. The lowest BCUT2D eigenvalue weighted by atomic mass is 10.0. The van der Waals surface area contributed by atoms with E-state index in [1.54, 1.807) is 0 Å². The molecule has 2 aromatic carbocycles.